The van der Waals surface area contributed by atoms with E-state index in [9.17, 15) is 4.79 Å². The standard InChI is InChI=1S/C6H6BrNO2S/c7-4-3-8-5(11-4)1-2-6(9)10/h3H,1-2H2,(H,9,10). The Morgan fingerprint density at radius 3 is 3.00 bits per heavy atom. The molecule has 60 valence electrons. The molecule has 0 saturated heterocycles. The first-order valence-corrected chi connectivity index (χ1v) is 4.61. The van der Waals surface area contributed by atoms with Crippen molar-refractivity contribution in [2.75, 3.05) is 0 Å². The highest BCUT2D eigenvalue weighted by molar-refractivity contribution is 9.11. The van der Waals surface area contributed by atoms with Crippen LogP contribution in [0, 0.1) is 0 Å². The van der Waals surface area contributed by atoms with E-state index < -0.39 is 5.97 Å². The van der Waals surface area contributed by atoms with Gasteiger partial charge in [-0.3, -0.25) is 4.79 Å². The third kappa shape index (κ3) is 2.98. The number of carbonyl (C=O) groups is 1. The van der Waals surface area contributed by atoms with Crippen molar-refractivity contribution in [3.8, 4) is 0 Å². The van der Waals surface area contributed by atoms with Crippen molar-refractivity contribution in [3.05, 3.63) is 15.0 Å². The number of carboxylic acids is 1. The summed E-state index contributed by atoms with van der Waals surface area (Å²) in [6, 6.07) is 0. The Hall–Kier alpha value is -0.420. The summed E-state index contributed by atoms with van der Waals surface area (Å²) in [5.74, 6) is -0.781. The summed E-state index contributed by atoms with van der Waals surface area (Å²) in [5.41, 5.74) is 0. The molecule has 0 aliphatic carbocycles. The molecule has 1 aromatic rings. The predicted molar refractivity (Wildman–Crippen MR) is 45.8 cm³/mol. The molecule has 0 fully saturated rings. The fraction of sp³-hybridized carbons (Fsp3) is 0.333. The first-order chi connectivity index (χ1) is 5.18. The average molecular weight is 236 g/mol. The third-order valence-corrected chi connectivity index (χ3v) is 2.61. The second kappa shape index (κ2) is 3.82. The van der Waals surface area contributed by atoms with Gasteiger partial charge in [-0.2, -0.15) is 0 Å². The fourth-order valence-corrected chi connectivity index (χ4v) is 1.92. The Morgan fingerprint density at radius 2 is 2.55 bits per heavy atom. The molecule has 1 heterocycles. The minimum atomic E-state index is -0.781. The van der Waals surface area contributed by atoms with Crippen LogP contribution in [-0.4, -0.2) is 16.1 Å². The molecule has 0 aliphatic rings. The largest absolute Gasteiger partial charge is 0.481 e. The van der Waals surface area contributed by atoms with Crippen molar-refractivity contribution in [2.45, 2.75) is 12.8 Å². The molecule has 0 unspecified atom stereocenters. The second-order valence-electron chi connectivity index (χ2n) is 1.95. The van der Waals surface area contributed by atoms with Crippen molar-refractivity contribution in [2.24, 2.45) is 0 Å². The summed E-state index contributed by atoms with van der Waals surface area (Å²) >= 11 is 4.72. The van der Waals surface area contributed by atoms with Crippen LogP contribution < -0.4 is 0 Å². The van der Waals surface area contributed by atoms with Crippen LogP contribution in [0.1, 0.15) is 11.4 Å². The molecule has 0 aromatic carbocycles. The normalized spacial score (nSPS) is 9.91. The Morgan fingerprint density at radius 1 is 1.82 bits per heavy atom. The van der Waals surface area contributed by atoms with Crippen molar-refractivity contribution >= 4 is 33.2 Å². The Kier molecular flexibility index (Phi) is 3.02. The van der Waals surface area contributed by atoms with E-state index in [2.05, 4.69) is 20.9 Å². The molecule has 0 radical (unpaired) electrons. The van der Waals surface area contributed by atoms with E-state index in [1.54, 1.807) is 6.20 Å². The maximum Gasteiger partial charge on any atom is 0.303 e. The summed E-state index contributed by atoms with van der Waals surface area (Å²) < 4.78 is 0.942. The second-order valence-corrected chi connectivity index (χ2v) is 4.45. The number of aromatic nitrogens is 1. The van der Waals surface area contributed by atoms with Gasteiger partial charge in [0.25, 0.3) is 0 Å². The molecule has 0 spiro atoms. The molecule has 1 rings (SSSR count). The number of thiazole rings is 1. The first-order valence-electron chi connectivity index (χ1n) is 3.00. The summed E-state index contributed by atoms with van der Waals surface area (Å²) in [4.78, 5) is 14.1. The van der Waals surface area contributed by atoms with Crippen LogP contribution in [0.2, 0.25) is 0 Å². The zero-order chi connectivity index (χ0) is 8.27. The molecule has 11 heavy (non-hydrogen) atoms. The molecule has 0 aliphatic heterocycles. The van der Waals surface area contributed by atoms with Gasteiger partial charge in [0.1, 0.15) is 0 Å². The molecule has 0 bridgehead atoms. The molecule has 0 atom stereocenters. The van der Waals surface area contributed by atoms with Gasteiger partial charge in [-0.25, -0.2) is 4.98 Å². The maximum atomic E-state index is 10.1. The number of halogens is 1. The smallest absolute Gasteiger partial charge is 0.303 e. The van der Waals surface area contributed by atoms with Crippen LogP contribution >= 0.6 is 27.3 Å². The van der Waals surface area contributed by atoms with Crippen molar-refractivity contribution in [1.29, 1.82) is 0 Å². The van der Waals surface area contributed by atoms with Gasteiger partial charge in [0, 0.05) is 6.42 Å². The molecule has 1 N–H and O–H groups in total. The summed E-state index contributed by atoms with van der Waals surface area (Å²) in [5, 5.41) is 9.21. The fourth-order valence-electron chi connectivity index (χ4n) is 0.617. The summed E-state index contributed by atoms with van der Waals surface area (Å²) in [7, 11) is 0. The van der Waals surface area contributed by atoms with Crippen LogP contribution in [0.4, 0.5) is 0 Å². The van der Waals surface area contributed by atoms with Gasteiger partial charge in [0.15, 0.2) is 0 Å². The predicted octanol–water partition coefficient (Wildman–Crippen LogP) is 1.92. The van der Waals surface area contributed by atoms with Gasteiger partial charge in [-0.15, -0.1) is 11.3 Å². The Balaban J connectivity index is 2.45. The van der Waals surface area contributed by atoms with E-state index in [4.69, 9.17) is 5.11 Å². The van der Waals surface area contributed by atoms with Crippen molar-refractivity contribution in [1.82, 2.24) is 4.98 Å². The maximum absolute atomic E-state index is 10.1. The molecule has 3 nitrogen and oxygen atoms in total. The van der Waals surface area contributed by atoms with Gasteiger partial charge < -0.3 is 5.11 Å². The van der Waals surface area contributed by atoms with E-state index in [1.165, 1.54) is 11.3 Å². The minimum absolute atomic E-state index is 0.153. The number of nitrogens with zero attached hydrogens (tertiary/aromatic N) is 1. The van der Waals surface area contributed by atoms with Gasteiger partial charge in [-0.1, -0.05) is 0 Å². The Labute approximate surface area is 76.2 Å². The number of carboxylic acid groups (broad SMARTS) is 1. The lowest BCUT2D eigenvalue weighted by Gasteiger charge is -1.88. The van der Waals surface area contributed by atoms with Crippen LogP contribution in [-0.2, 0) is 11.2 Å². The van der Waals surface area contributed by atoms with E-state index in [1.807, 2.05) is 0 Å². The number of rotatable bonds is 3. The zero-order valence-electron chi connectivity index (χ0n) is 5.58. The van der Waals surface area contributed by atoms with Gasteiger partial charge in [0.2, 0.25) is 0 Å². The topological polar surface area (TPSA) is 50.2 Å². The quantitative estimate of drug-likeness (QED) is 0.872. The lowest BCUT2D eigenvalue weighted by Crippen LogP contribution is -1.96. The van der Waals surface area contributed by atoms with E-state index >= 15 is 0 Å². The van der Waals surface area contributed by atoms with Crippen molar-refractivity contribution < 1.29 is 9.90 Å². The molecular formula is C6H6BrNO2S. The van der Waals surface area contributed by atoms with Crippen LogP contribution in [0.25, 0.3) is 0 Å². The summed E-state index contributed by atoms with van der Waals surface area (Å²) in [6.45, 7) is 0. The van der Waals surface area contributed by atoms with Gasteiger partial charge in [0.05, 0.1) is 21.4 Å². The zero-order valence-corrected chi connectivity index (χ0v) is 7.98. The first kappa shape index (κ1) is 8.67. The molecule has 0 amide bonds. The van der Waals surface area contributed by atoms with E-state index in [-0.39, 0.29) is 6.42 Å². The van der Waals surface area contributed by atoms with E-state index in [0.717, 1.165) is 8.79 Å². The average Bonchev–Trinajstić information content (AvgIpc) is 2.31. The molecule has 0 saturated carbocycles. The van der Waals surface area contributed by atoms with Crippen LogP contribution in [0.15, 0.2) is 9.98 Å². The lowest BCUT2D eigenvalue weighted by atomic mass is 10.3. The SMILES string of the molecule is O=C(O)CCc1ncc(Br)s1. The number of hydrogen-bond acceptors (Lipinski definition) is 3. The highest BCUT2D eigenvalue weighted by Gasteiger charge is 2.02. The summed E-state index contributed by atoms with van der Waals surface area (Å²) in [6.07, 6.45) is 2.35. The number of aliphatic carboxylic acids is 1. The van der Waals surface area contributed by atoms with Gasteiger partial charge in [-0.05, 0) is 15.9 Å². The molecule has 1 aromatic heterocycles. The highest BCUT2D eigenvalue weighted by atomic mass is 79.9. The van der Waals surface area contributed by atoms with Crippen molar-refractivity contribution in [3.63, 3.8) is 0 Å². The monoisotopic (exact) mass is 235 g/mol. The van der Waals surface area contributed by atoms with E-state index in [0.29, 0.717) is 6.42 Å². The lowest BCUT2D eigenvalue weighted by molar-refractivity contribution is -0.136. The minimum Gasteiger partial charge on any atom is -0.481 e. The molecule has 5 heteroatoms. The third-order valence-electron chi connectivity index (χ3n) is 1.08. The highest BCUT2D eigenvalue weighted by Crippen LogP contribution is 2.19. The number of hydrogen-bond donors (Lipinski definition) is 1. The van der Waals surface area contributed by atoms with Gasteiger partial charge >= 0.3 is 5.97 Å². The van der Waals surface area contributed by atoms with Crippen LogP contribution in [0.3, 0.4) is 0 Å². The van der Waals surface area contributed by atoms with Crippen LogP contribution in [0.5, 0.6) is 0 Å². The number of aryl methyl sites for hydroxylation is 1. The molecular weight excluding hydrogens is 230 g/mol. The Bertz CT molecular complexity index is 261.